The maximum Gasteiger partial charge on any atom is 0.227 e. The number of benzene rings is 1. The molecular formula is C17H25N3O. The van der Waals surface area contributed by atoms with Gasteiger partial charge in [-0.1, -0.05) is 0 Å². The SMILES string of the molecule is CC(CC1CCCN1)Nc1ccc(NC(=O)C2CC2)cc1. The highest BCUT2D eigenvalue weighted by Crippen LogP contribution is 2.30. The normalized spacial score (nSPS) is 22.8. The van der Waals surface area contributed by atoms with Gasteiger partial charge in [-0.25, -0.2) is 0 Å². The average Bonchev–Trinajstić information content (AvgIpc) is 3.20. The first kappa shape index (κ1) is 14.4. The Hall–Kier alpha value is -1.55. The van der Waals surface area contributed by atoms with E-state index in [1.54, 1.807) is 0 Å². The van der Waals surface area contributed by atoms with E-state index in [0.29, 0.717) is 12.1 Å². The number of hydrogen-bond donors (Lipinski definition) is 3. The summed E-state index contributed by atoms with van der Waals surface area (Å²) in [6.45, 7) is 3.38. The first-order valence-corrected chi connectivity index (χ1v) is 8.11. The van der Waals surface area contributed by atoms with E-state index in [2.05, 4.69) is 22.9 Å². The van der Waals surface area contributed by atoms with Crippen LogP contribution in [0.3, 0.4) is 0 Å². The molecule has 2 atom stereocenters. The maximum atomic E-state index is 11.7. The fourth-order valence-corrected chi connectivity index (χ4v) is 2.97. The minimum Gasteiger partial charge on any atom is -0.383 e. The second-order valence-electron chi connectivity index (χ2n) is 6.42. The number of carbonyl (C=O) groups excluding carboxylic acids is 1. The Balaban J connectivity index is 1.47. The molecule has 1 saturated carbocycles. The van der Waals surface area contributed by atoms with Gasteiger partial charge in [0.2, 0.25) is 5.91 Å². The van der Waals surface area contributed by atoms with E-state index in [9.17, 15) is 4.79 Å². The summed E-state index contributed by atoms with van der Waals surface area (Å²) in [5, 5.41) is 10.0. The molecule has 21 heavy (non-hydrogen) atoms. The summed E-state index contributed by atoms with van der Waals surface area (Å²) in [5.74, 6) is 0.415. The first-order valence-electron chi connectivity index (χ1n) is 8.11. The molecule has 4 nitrogen and oxygen atoms in total. The number of amides is 1. The smallest absolute Gasteiger partial charge is 0.227 e. The molecule has 1 aromatic rings. The summed E-state index contributed by atoms with van der Waals surface area (Å²) in [6.07, 6.45) is 5.82. The van der Waals surface area contributed by atoms with Gasteiger partial charge in [0, 0.05) is 29.4 Å². The summed E-state index contributed by atoms with van der Waals surface area (Å²) in [7, 11) is 0. The third-order valence-electron chi connectivity index (χ3n) is 4.31. The van der Waals surface area contributed by atoms with Gasteiger partial charge in [0.15, 0.2) is 0 Å². The van der Waals surface area contributed by atoms with Gasteiger partial charge in [-0.3, -0.25) is 4.79 Å². The van der Waals surface area contributed by atoms with Gasteiger partial charge in [0.05, 0.1) is 0 Å². The Kier molecular flexibility index (Phi) is 4.44. The molecule has 2 fully saturated rings. The first-order chi connectivity index (χ1) is 10.2. The number of hydrogen-bond acceptors (Lipinski definition) is 3. The van der Waals surface area contributed by atoms with E-state index in [1.807, 2.05) is 24.3 Å². The summed E-state index contributed by atoms with van der Waals surface area (Å²) in [5.41, 5.74) is 2.01. The van der Waals surface area contributed by atoms with Crippen molar-refractivity contribution in [3.8, 4) is 0 Å². The van der Waals surface area contributed by atoms with Crippen molar-refractivity contribution in [3.05, 3.63) is 24.3 Å². The summed E-state index contributed by atoms with van der Waals surface area (Å²) >= 11 is 0. The molecule has 0 aromatic heterocycles. The van der Waals surface area contributed by atoms with Crippen LogP contribution in [0.4, 0.5) is 11.4 Å². The molecule has 1 amide bonds. The van der Waals surface area contributed by atoms with E-state index >= 15 is 0 Å². The van der Waals surface area contributed by atoms with Crippen molar-refractivity contribution < 1.29 is 4.79 Å². The molecule has 1 saturated heterocycles. The monoisotopic (exact) mass is 287 g/mol. The zero-order chi connectivity index (χ0) is 14.7. The molecular weight excluding hydrogens is 262 g/mol. The van der Waals surface area contributed by atoms with Gasteiger partial charge < -0.3 is 16.0 Å². The molecule has 4 heteroatoms. The highest BCUT2D eigenvalue weighted by molar-refractivity contribution is 5.94. The third kappa shape index (κ3) is 4.21. The van der Waals surface area contributed by atoms with Crippen LogP contribution in [0.1, 0.15) is 39.0 Å². The predicted octanol–water partition coefficient (Wildman–Crippen LogP) is 2.98. The van der Waals surface area contributed by atoms with Gasteiger partial charge in [-0.05, 0) is 69.8 Å². The summed E-state index contributed by atoms with van der Waals surface area (Å²) in [6, 6.07) is 9.14. The molecule has 2 aliphatic rings. The minimum absolute atomic E-state index is 0.163. The van der Waals surface area contributed by atoms with E-state index in [-0.39, 0.29) is 11.8 Å². The lowest BCUT2D eigenvalue weighted by molar-refractivity contribution is -0.117. The van der Waals surface area contributed by atoms with Crippen molar-refractivity contribution in [2.75, 3.05) is 17.2 Å². The molecule has 2 unspecified atom stereocenters. The van der Waals surface area contributed by atoms with Crippen LogP contribution >= 0.6 is 0 Å². The Morgan fingerprint density at radius 2 is 1.95 bits per heavy atom. The largest absolute Gasteiger partial charge is 0.383 e. The van der Waals surface area contributed by atoms with E-state index in [0.717, 1.165) is 37.2 Å². The van der Waals surface area contributed by atoms with Gasteiger partial charge in [0.25, 0.3) is 0 Å². The van der Waals surface area contributed by atoms with Crippen LogP contribution in [0.2, 0.25) is 0 Å². The van der Waals surface area contributed by atoms with Gasteiger partial charge in [-0.2, -0.15) is 0 Å². The van der Waals surface area contributed by atoms with Crippen LogP contribution in [0.25, 0.3) is 0 Å². The molecule has 1 aliphatic heterocycles. The maximum absolute atomic E-state index is 11.7. The highest BCUT2D eigenvalue weighted by atomic mass is 16.2. The second kappa shape index (κ2) is 6.48. The Labute approximate surface area is 126 Å². The fourth-order valence-electron chi connectivity index (χ4n) is 2.97. The van der Waals surface area contributed by atoms with Crippen LogP contribution in [-0.2, 0) is 4.79 Å². The topological polar surface area (TPSA) is 53.2 Å². The molecule has 3 N–H and O–H groups in total. The van der Waals surface area contributed by atoms with Crippen molar-refractivity contribution >= 4 is 17.3 Å². The standard InChI is InChI=1S/C17H25N3O/c1-12(11-16-3-2-10-18-16)19-14-6-8-15(9-7-14)20-17(21)13-4-5-13/h6-9,12-13,16,18-19H,2-5,10-11H2,1H3,(H,20,21). The fraction of sp³-hybridized carbons (Fsp3) is 0.588. The number of nitrogens with one attached hydrogen (secondary N) is 3. The molecule has 3 rings (SSSR count). The molecule has 0 radical (unpaired) electrons. The second-order valence-corrected chi connectivity index (χ2v) is 6.42. The van der Waals surface area contributed by atoms with Crippen molar-refractivity contribution in [2.24, 2.45) is 5.92 Å². The van der Waals surface area contributed by atoms with E-state index < -0.39 is 0 Å². The lowest BCUT2D eigenvalue weighted by Crippen LogP contribution is -2.29. The molecule has 114 valence electrons. The van der Waals surface area contributed by atoms with Crippen LogP contribution < -0.4 is 16.0 Å². The number of rotatable bonds is 6. The quantitative estimate of drug-likeness (QED) is 0.754. The molecule has 0 spiro atoms. The molecule has 1 aromatic carbocycles. The Morgan fingerprint density at radius 3 is 2.57 bits per heavy atom. The van der Waals surface area contributed by atoms with E-state index in [4.69, 9.17) is 0 Å². The number of carbonyl (C=O) groups is 1. The molecule has 1 heterocycles. The van der Waals surface area contributed by atoms with Gasteiger partial charge in [0.1, 0.15) is 0 Å². The van der Waals surface area contributed by atoms with Crippen LogP contribution in [-0.4, -0.2) is 24.5 Å². The third-order valence-corrected chi connectivity index (χ3v) is 4.31. The van der Waals surface area contributed by atoms with Crippen LogP contribution in [0.5, 0.6) is 0 Å². The predicted molar refractivity (Wildman–Crippen MR) is 86.5 cm³/mol. The van der Waals surface area contributed by atoms with Crippen LogP contribution in [0, 0.1) is 5.92 Å². The van der Waals surface area contributed by atoms with Crippen molar-refractivity contribution in [2.45, 2.75) is 51.1 Å². The Bertz CT molecular complexity index is 475. The van der Waals surface area contributed by atoms with Gasteiger partial charge in [-0.15, -0.1) is 0 Å². The highest BCUT2D eigenvalue weighted by Gasteiger charge is 2.29. The lowest BCUT2D eigenvalue weighted by atomic mass is 10.1. The summed E-state index contributed by atoms with van der Waals surface area (Å²) < 4.78 is 0. The molecule has 0 bridgehead atoms. The van der Waals surface area contributed by atoms with E-state index in [1.165, 1.54) is 12.8 Å². The molecule has 1 aliphatic carbocycles. The van der Waals surface area contributed by atoms with Gasteiger partial charge >= 0.3 is 0 Å². The zero-order valence-electron chi connectivity index (χ0n) is 12.7. The summed E-state index contributed by atoms with van der Waals surface area (Å²) in [4.78, 5) is 11.7. The zero-order valence-corrected chi connectivity index (χ0v) is 12.7. The number of anilines is 2. The minimum atomic E-state index is 0.163. The van der Waals surface area contributed by atoms with Crippen molar-refractivity contribution in [1.82, 2.24) is 5.32 Å². The Morgan fingerprint density at radius 1 is 1.24 bits per heavy atom. The van der Waals surface area contributed by atoms with Crippen LogP contribution in [0.15, 0.2) is 24.3 Å². The van der Waals surface area contributed by atoms with Crippen molar-refractivity contribution in [1.29, 1.82) is 0 Å². The lowest BCUT2D eigenvalue weighted by Gasteiger charge is -2.19. The average molecular weight is 287 g/mol. The van der Waals surface area contributed by atoms with Crippen molar-refractivity contribution in [3.63, 3.8) is 0 Å².